The number of benzene rings is 2. The fourth-order valence-electron chi connectivity index (χ4n) is 3.57. The molecule has 2 aromatic rings. The topological polar surface area (TPSA) is 101 Å². The number of hydrogen-bond donors (Lipinski definition) is 1. The van der Waals surface area contributed by atoms with Crippen LogP contribution in [0.15, 0.2) is 42.5 Å². The predicted octanol–water partition coefficient (Wildman–Crippen LogP) is 2.98. The Balaban J connectivity index is 1.97. The number of carbonyl (C=O) groups is 2. The summed E-state index contributed by atoms with van der Waals surface area (Å²) in [6.45, 7) is 1.35. The number of carboxylic acids is 1. The Morgan fingerprint density at radius 2 is 1.89 bits per heavy atom. The van der Waals surface area contributed by atoms with Gasteiger partial charge in [-0.05, 0) is 24.6 Å². The van der Waals surface area contributed by atoms with Gasteiger partial charge in [-0.15, -0.1) is 0 Å². The Morgan fingerprint density at radius 1 is 1.22 bits per heavy atom. The summed E-state index contributed by atoms with van der Waals surface area (Å²) in [4.78, 5) is 36.4. The van der Waals surface area contributed by atoms with E-state index in [1.54, 1.807) is 30.3 Å². The summed E-state index contributed by atoms with van der Waals surface area (Å²) in [6.07, 6.45) is 0. The summed E-state index contributed by atoms with van der Waals surface area (Å²) < 4.78 is 13.8. The van der Waals surface area contributed by atoms with Crippen LogP contribution in [0.3, 0.4) is 0 Å². The Bertz CT molecular complexity index is 916. The van der Waals surface area contributed by atoms with E-state index in [1.165, 1.54) is 11.8 Å². The zero-order valence-electron chi connectivity index (χ0n) is 14.5. The molecule has 1 heterocycles. The fraction of sp³-hybridized carbons (Fsp3) is 0.263. The number of carboxylic acid groups (broad SMARTS) is 1. The smallest absolute Gasteiger partial charge is 0.308 e. The van der Waals surface area contributed by atoms with E-state index < -0.39 is 40.1 Å². The molecule has 8 heteroatoms. The molecule has 2 atom stereocenters. The Labute approximate surface area is 154 Å². The van der Waals surface area contributed by atoms with E-state index >= 15 is 0 Å². The molecule has 0 unspecified atom stereocenters. The van der Waals surface area contributed by atoms with E-state index in [4.69, 9.17) is 0 Å². The van der Waals surface area contributed by atoms with Gasteiger partial charge in [0.2, 0.25) is 0 Å². The molecule has 140 valence electrons. The van der Waals surface area contributed by atoms with Gasteiger partial charge in [-0.2, -0.15) is 0 Å². The molecule has 1 amide bonds. The average molecular weight is 372 g/mol. The molecule has 1 saturated heterocycles. The van der Waals surface area contributed by atoms with Crippen molar-refractivity contribution in [1.82, 2.24) is 4.90 Å². The normalized spacial score (nSPS) is 19.1. The van der Waals surface area contributed by atoms with E-state index in [0.717, 1.165) is 17.7 Å². The summed E-state index contributed by atoms with van der Waals surface area (Å²) in [5.41, 5.74) is -0.0196. The number of aryl methyl sites for hydroxylation is 1. The van der Waals surface area contributed by atoms with Crippen molar-refractivity contribution in [3.05, 3.63) is 75.1 Å². The number of halogens is 1. The number of nitro groups is 1. The molecular weight excluding hydrogens is 355 g/mol. The van der Waals surface area contributed by atoms with E-state index in [0.29, 0.717) is 0 Å². The van der Waals surface area contributed by atoms with Gasteiger partial charge in [-0.3, -0.25) is 19.7 Å². The molecule has 7 nitrogen and oxygen atoms in total. The van der Waals surface area contributed by atoms with Crippen LogP contribution in [0.5, 0.6) is 0 Å². The molecular formula is C19H17FN2O5. The zero-order chi connectivity index (χ0) is 19.7. The molecule has 0 radical (unpaired) electrons. The maximum atomic E-state index is 13.8. The number of aliphatic carboxylic acids is 1. The second-order valence-electron chi connectivity index (χ2n) is 6.55. The summed E-state index contributed by atoms with van der Waals surface area (Å²) in [5, 5.41) is 20.9. The van der Waals surface area contributed by atoms with Gasteiger partial charge in [-0.1, -0.05) is 30.3 Å². The van der Waals surface area contributed by atoms with Crippen LogP contribution >= 0.6 is 0 Å². The SMILES string of the molecule is Cc1cc(F)cc(C(=O)N2C[C@H](C(=O)O)[C@H](c3ccccc3)C2)c1[N+](=O)[O-]. The first-order valence-corrected chi connectivity index (χ1v) is 8.31. The molecule has 2 aromatic carbocycles. The summed E-state index contributed by atoms with van der Waals surface area (Å²) in [5.74, 6) is -3.83. The lowest BCUT2D eigenvalue weighted by atomic mass is 9.89. The monoisotopic (exact) mass is 372 g/mol. The molecule has 0 aliphatic carbocycles. The van der Waals surface area contributed by atoms with Crippen molar-refractivity contribution >= 4 is 17.6 Å². The predicted molar refractivity (Wildman–Crippen MR) is 94.0 cm³/mol. The van der Waals surface area contributed by atoms with Crippen LogP contribution < -0.4 is 0 Å². The second-order valence-corrected chi connectivity index (χ2v) is 6.55. The van der Waals surface area contributed by atoms with E-state index in [9.17, 15) is 29.2 Å². The molecule has 27 heavy (non-hydrogen) atoms. The lowest BCUT2D eigenvalue weighted by Crippen LogP contribution is -2.30. The van der Waals surface area contributed by atoms with Crippen molar-refractivity contribution in [3.8, 4) is 0 Å². The van der Waals surface area contributed by atoms with Crippen LogP contribution in [0.1, 0.15) is 27.4 Å². The van der Waals surface area contributed by atoms with Crippen LogP contribution in [0, 0.1) is 28.8 Å². The minimum Gasteiger partial charge on any atom is -0.481 e. The average Bonchev–Trinajstić information content (AvgIpc) is 3.06. The second kappa shape index (κ2) is 7.14. The summed E-state index contributed by atoms with van der Waals surface area (Å²) in [7, 11) is 0. The van der Waals surface area contributed by atoms with Crippen LogP contribution in [0.4, 0.5) is 10.1 Å². The Hall–Kier alpha value is -3.29. The molecule has 1 fully saturated rings. The van der Waals surface area contributed by atoms with Crippen LogP contribution in [0.2, 0.25) is 0 Å². The molecule has 0 saturated carbocycles. The minimum absolute atomic E-state index is 0.0388. The molecule has 3 rings (SSSR count). The van der Waals surface area contributed by atoms with Crippen molar-refractivity contribution < 1.29 is 24.0 Å². The highest BCUT2D eigenvalue weighted by Crippen LogP contribution is 2.35. The first-order valence-electron chi connectivity index (χ1n) is 8.31. The van der Waals surface area contributed by atoms with E-state index in [1.807, 2.05) is 0 Å². The van der Waals surface area contributed by atoms with Gasteiger partial charge in [0.25, 0.3) is 11.6 Å². The fourth-order valence-corrected chi connectivity index (χ4v) is 3.57. The molecule has 0 spiro atoms. The quantitative estimate of drug-likeness (QED) is 0.657. The van der Waals surface area contributed by atoms with Crippen LogP contribution in [0.25, 0.3) is 0 Å². The maximum Gasteiger partial charge on any atom is 0.308 e. The standard InChI is InChI=1S/C19H17FN2O5/c1-11-7-13(20)8-14(17(11)22(26)27)18(23)21-9-15(16(10-21)19(24)25)12-5-3-2-4-6-12/h2-8,15-16H,9-10H2,1H3,(H,24,25)/t15-,16-/m0/s1. The number of hydrogen-bond acceptors (Lipinski definition) is 4. The van der Waals surface area contributed by atoms with Crippen molar-refractivity contribution in [2.24, 2.45) is 5.92 Å². The van der Waals surface area contributed by atoms with Gasteiger partial charge in [0.05, 0.1) is 10.8 Å². The lowest BCUT2D eigenvalue weighted by Gasteiger charge is -2.17. The molecule has 1 aliphatic heterocycles. The molecule has 1 aliphatic rings. The molecule has 1 N–H and O–H groups in total. The van der Waals surface area contributed by atoms with Crippen LogP contribution in [-0.2, 0) is 4.79 Å². The van der Waals surface area contributed by atoms with E-state index in [-0.39, 0.29) is 24.2 Å². The maximum absolute atomic E-state index is 13.8. The molecule has 0 bridgehead atoms. The van der Waals surface area contributed by atoms with Crippen molar-refractivity contribution in [1.29, 1.82) is 0 Å². The number of carbonyl (C=O) groups excluding carboxylic acids is 1. The van der Waals surface area contributed by atoms with Crippen molar-refractivity contribution in [3.63, 3.8) is 0 Å². The van der Waals surface area contributed by atoms with Gasteiger partial charge in [0.1, 0.15) is 11.4 Å². The highest BCUT2D eigenvalue weighted by atomic mass is 19.1. The molecule has 0 aromatic heterocycles. The number of amides is 1. The first kappa shape index (κ1) is 18.5. The third-order valence-electron chi connectivity index (χ3n) is 4.83. The zero-order valence-corrected chi connectivity index (χ0v) is 14.5. The highest BCUT2D eigenvalue weighted by Gasteiger charge is 2.42. The largest absolute Gasteiger partial charge is 0.481 e. The van der Waals surface area contributed by atoms with Crippen molar-refractivity contribution in [2.75, 3.05) is 13.1 Å². The van der Waals surface area contributed by atoms with E-state index in [2.05, 4.69) is 0 Å². The third kappa shape index (κ3) is 3.51. The Morgan fingerprint density at radius 3 is 2.48 bits per heavy atom. The number of likely N-dealkylation sites (tertiary alicyclic amines) is 1. The third-order valence-corrected chi connectivity index (χ3v) is 4.83. The van der Waals surface area contributed by atoms with Gasteiger partial charge in [0.15, 0.2) is 0 Å². The van der Waals surface area contributed by atoms with Gasteiger partial charge < -0.3 is 10.0 Å². The highest BCUT2D eigenvalue weighted by molar-refractivity contribution is 5.99. The van der Waals surface area contributed by atoms with Gasteiger partial charge >= 0.3 is 5.97 Å². The van der Waals surface area contributed by atoms with Crippen LogP contribution in [-0.4, -0.2) is 39.9 Å². The first-order chi connectivity index (χ1) is 12.8. The number of rotatable bonds is 4. The number of nitro benzene ring substituents is 1. The summed E-state index contributed by atoms with van der Waals surface area (Å²) >= 11 is 0. The lowest BCUT2D eigenvalue weighted by molar-refractivity contribution is -0.385. The Kier molecular flexibility index (Phi) is 4.89. The summed E-state index contributed by atoms with van der Waals surface area (Å²) in [6, 6.07) is 10.7. The van der Waals surface area contributed by atoms with Gasteiger partial charge in [-0.25, -0.2) is 4.39 Å². The van der Waals surface area contributed by atoms with Crippen molar-refractivity contribution in [2.45, 2.75) is 12.8 Å². The number of nitrogens with zero attached hydrogens (tertiary/aromatic N) is 2. The minimum atomic E-state index is -1.05. The van der Waals surface area contributed by atoms with Gasteiger partial charge in [0, 0.05) is 24.6 Å².